The third-order valence-corrected chi connectivity index (χ3v) is 2.71. The van der Waals surface area contributed by atoms with Gasteiger partial charge >= 0.3 is 0 Å². The molecule has 0 spiro atoms. The molecular weight excluding hydrogens is 182 g/mol. The molecule has 2 rings (SSSR count). The third-order valence-electron chi connectivity index (χ3n) is 2.71. The number of aliphatic imine (C=N–C) groups is 1. The van der Waals surface area contributed by atoms with E-state index in [2.05, 4.69) is 15.6 Å². The lowest BCUT2D eigenvalue weighted by molar-refractivity contribution is -0.114. The van der Waals surface area contributed by atoms with Crippen LogP contribution in [0, 0.1) is 0 Å². The van der Waals surface area contributed by atoms with Gasteiger partial charge in [0.15, 0.2) is 6.29 Å². The summed E-state index contributed by atoms with van der Waals surface area (Å²) in [6.45, 7) is 0. The van der Waals surface area contributed by atoms with Crippen molar-refractivity contribution >= 4 is 12.1 Å². The van der Waals surface area contributed by atoms with E-state index < -0.39 is 0 Å². The lowest BCUT2D eigenvalue weighted by Gasteiger charge is -2.27. The van der Waals surface area contributed by atoms with Gasteiger partial charge in [-0.15, -0.1) is 0 Å². The maximum absolute atomic E-state index is 10.8. The Morgan fingerprint density at radius 3 is 2.71 bits per heavy atom. The number of hydrogen-bond acceptors (Lipinski definition) is 4. The van der Waals surface area contributed by atoms with Crippen molar-refractivity contribution in [3.05, 3.63) is 0 Å². The largest absolute Gasteiger partial charge is 0.393 e. The van der Waals surface area contributed by atoms with Crippen LogP contribution < -0.4 is 10.6 Å². The van der Waals surface area contributed by atoms with E-state index in [9.17, 15) is 9.90 Å². The molecule has 78 valence electrons. The quantitative estimate of drug-likeness (QED) is 0.551. The van der Waals surface area contributed by atoms with Crippen LogP contribution >= 0.6 is 0 Å². The Bertz CT molecular complexity index is 246. The van der Waals surface area contributed by atoms with Crippen molar-refractivity contribution in [1.82, 2.24) is 10.6 Å². The zero-order valence-electron chi connectivity index (χ0n) is 7.94. The van der Waals surface area contributed by atoms with Crippen LogP contribution in [0.2, 0.25) is 0 Å². The van der Waals surface area contributed by atoms with Gasteiger partial charge in [-0.3, -0.25) is 10.1 Å². The number of aliphatic hydroxyl groups excluding tert-OH is 1. The minimum Gasteiger partial charge on any atom is -0.393 e. The summed E-state index contributed by atoms with van der Waals surface area (Å²) in [5.41, 5.74) is 0. The van der Waals surface area contributed by atoms with Gasteiger partial charge in [0.25, 0.3) is 5.91 Å². The lowest BCUT2D eigenvalue weighted by Crippen LogP contribution is -2.46. The summed E-state index contributed by atoms with van der Waals surface area (Å²) in [6, 6.07) is 0.360. The van der Waals surface area contributed by atoms with Crippen molar-refractivity contribution in [2.75, 3.05) is 0 Å². The van der Waals surface area contributed by atoms with Crippen LogP contribution in [0.3, 0.4) is 0 Å². The maximum atomic E-state index is 10.8. The van der Waals surface area contributed by atoms with E-state index in [4.69, 9.17) is 0 Å². The van der Waals surface area contributed by atoms with E-state index in [0.717, 1.165) is 25.7 Å². The number of amides is 1. The van der Waals surface area contributed by atoms with Crippen LogP contribution in [0.5, 0.6) is 0 Å². The Morgan fingerprint density at radius 2 is 2.14 bits per heavy atom. The van der Waals surface area contributed by atoms with E-state index in [1.165, 1.54) is 6.21 Å². The molecule has 1 aliphatic heterocycles. The second-order valence-corrected chi connectivity index (χ2v) is 3.86. The monoisotopic (exact) mass is 197 g/mol. The molecule has 14 heavy (non-hydrogen) atoms. The van der Waals surface area contributed by atoms with Gasteiger partial charge in [0, 0.05) is 6.04 Å². The Labute approximate surface area is 82.6 Å². The number of carbonyl (C=O) groups excluding carboxylic acids is 1. The molecule has 1 aliphatic carbocycles. The molecule has 3 N–H and O–H groups in total. The highest BCUT2D eigenvalue weighted by Gasteiger charge is 2.23. The molecule has 0 aromatic heterocycles. The molecule has 1 heterocycles. The second-order valence-electron chi connectivity index (χ2n) is 3.86. The summed E-state index contributed by atoms with van der Waals surface area (Å²) in [4.78, 5) is 14.8. The van der Waals surface area contributed by atoms with E-state index in [1.54, 1.807) is 0 Å². The second kappa shape index (κ2) is 4.06. The van der Waals surface area contributed by atoms with Gasteiger partial charge in [0.05, 0.1) is 12.3 Å². The topological polar surface area (TPSA) is 73.7 Å². The van der Waals surface area contributed by atoms with E-state index >= 15 is 0 Å². The van der Waals surface area contributed by atoms with E-state index in [-0.39, 0.29) is 18.3 Å². The number of hydrogen-bond donors (Lipinski definition) is 3. The Balaban J connectivity index is 1.76. The number of carbonyl (C=O) groups is 1. The first-order valence-electron chi connectivity index (χ1n) is 5.02. The standard InChI is InChI=1S/C9H15N3O2/c13-7-3-1-6(2-4-7)11-9-10-5-8(14)12-9/h5-7,9,11,13H,1-4H2,(H,12,14)/t6-,7-,9?. The van der Waals surface area contributed by atoms with Crippen molar-refractivity contribution in [3.63, 3.8) is 0 Å². The Morgan fingerprint density at radius 1 is 1.43 bits per heavy atom. The smallest absolute Gasteiger partial charge is 0.264 e. The van der Waals surface area contributed by atoms with Crippen LogP contribution in [-0.2, 0) is 4.79 Å². The highest BCUT2D eigenvalue weighted by Crippen LogP contribution is 2.18. The lowest BCUT2D eigenvalue weighted by atomic mass is 9.93. The molecule has 0 aromatic rings. The summed E-state index contributed by atoms with van der Waals surface area (Å²) in [6.07, 6.45) is 4.46. The molecule has 1 unspecified atom stereocenters. The average molecular weight is 197 g/mol. The SMILES string of the molecule is O=C1C=NC(N[C@H]2CC[C@H](O)CC2)N1. The third kappa shape index (κ3) is 2.30. The molecule has 0 radical (unpaired) electrons. The molecule has 5 heteroatoms. The van der Waals surface area contributed by atoms with Gasteiger partial charge in [0.1, 0.15) is 0 Å². The first-order chi connectivity index (χ1) is 6.74. The van der Waals surface area contributed by atoms with Crippen molar-refractivity contribution in [2.45, 2.75) is 44.1 Å². The fourth-order valence-electron chi connectivity index (χ4n) is 1.90. The molecular formula is C9H15N3O2. The fourth-order valence-corrected chi connectivity index (χ4v) is 1.90. The van der Waals surface area contributed by atoms with Crippen LogP contribution in [0.4, 0.5) is 0 Å². The van der Waals surface area contributed by atoms with Gasteiger partial charge in [-0.1, -0.05) is 0 Å². The van der Waals surface area contributed by atoms with Gasteiger partial charge in [0.2, 0.25) is 0 Å². The molecule has 1 fully saturated rings. The van der Waals surface area contributed by atoms with Crippen LogP contribution in [0.1, 0.15) is 25.7 Å². The molecule has 0 aromatic carbocycles. The fraction of sp³-hybridized carbons (Fsp3) is 0.778. The van der Waals surface area contributed by atoms with Gasteiger partial charge in [-0.2, -0.15) is 0 Å². The summed E-state index contributed by atoms with van der Waals surface area (Å²) in [5, 5.41) is 15.2. The zero-order valence-corrected chi connectivity index (χ0v) is 7.94. The molecule has 1 atom stereocenters. The van der Waals surface area contributed by atoms with Crippen molar-refractivity contribution in [3.8, 4) is 0 Å². The summed E-state index contributed by atoms with van der Waals surface area (Å²) in [5.74, 6) is -0.140. The van der Waals surface area contributed by atoms with Gasteiger partial charge in [-0.05, 0) is 25.7 Å². The predicted octanol–water partition coefficient (Wildman–Crippen LogP) is -0.636. The average Bonchev–Trinajstić information content (AvgIpc) is 2.56. The van der Waals surface area contributed by atoms with Crippen molar-refractivity contribution in [2.24, 2.45) is 4.99 Å². The van der Waals surface area contributed by atoms with E-state index in [1.807, 2.05) is 0 Å². The summed E-state index contributed by atoms with van der Waals surface area (Å²) in [7, 11) is 0. The van der Waals surface area contributed by atoms with E-state index in [0.29, 0.717) is 6.04 Å². The molecule has 0 bridgehead atoms. The van der Waals surface area contributed by atoms with Crippen LogP contribution in [0.25, 0.3) is 0 Å². The minimum absolute atomic E-state index is 0.140. The molecule has 1 amide bonds. The molecule has 5 nitrogen and oxygen atoms in total. The number of nitrogens with one attached hydrogen (secondary N) is 2. The summed E-state index contributed by atoms with van der Waals surface area (Å²) < 4.78 is 0. The maximum Gasteiger partial charge on any atom is 0.264 e. The first kappa shape index (κ1) is 9.61. The minimum atomic E-state index is -0.261. The normalized spacial score (nSPS) is 37.2. The molecule has 1 saturated carbocycles. The number of nitrogens with zero attached hydrogens (tertiary/aromatic N) is 1. The highest BCUT2D eigenvalue weighted by atomic mass is 16.3. The van der Waals surface area contributed by atoms with Gasteiger partial charge < -0.3 is 10.4 Å². The highest BCUT2D eigenvalue weighted by molar-refractivity contribution is 6.27. The van der Waals surface area contributed by atoms with Crippen molar-refractivity contribution in [1.29, 1.82) is 0 Å². The number of rotatable bonds is 2. The van der Waals surface area contributed by atoms with Crippen LogP contribution in [-0.4, -0.2) is 35.7 Å². The van der Waals surface area contributed by atoms with Crippen molar-refractivity contribution < 1.29 is 9.90 Å². The Kier molecular flexibility index (Phi) is 2.79. The summed E-state index contributed by atoms with van der Waals surface area (Å²) >= 11 is 0. The molecule has 0 saturated heterocycles. The molecule has 2 aliphatic rings. The number of aliphatic hydroxyl groups is 1. The van der Waals surface area contributed by atoms with Gasteiger partial charge in [-0.25, -0.2) is 4.99 Å². The zero-order chi connectivity index (χ0) is 9.97. The first-order valence-corrected chi connectivity index (χ1v) is 5.02. The predicted molar refractivity (Wildman–Crippen MR) is 51.8 cm³/mol. The Hall–Kier alpha value is -0.940. The van der Waals surface area contributed by atoms with Crippen LogP contribution in [0.15, 0.2) is 4.99 Å².